The van der Waals surface area contributed by atoms with E-state index in [-0.39, 0.29) is 36.7 Å². The van der Waals surface area contributed by atoms with E-state index in [9.17, 15) is 13.5 Å². The van der Waals surface area contributed by atoms with Crippen molar-refractivity contribution < 1.29 is 18.0 Å². The van der Waals surface area contributed by atoms with E-state index in [0.29, 0.717) is 11.7 Å². The lowest BCUT2D eigenvalue weighted by atomic mass is 10.0. The molecule has 0 bridgehead atoms. The van der Waals surface area contributed by atoms with Gasteiger partial charge in [-0.1, -0.05) is 17.3 Å². The number of sulfonamides is 1. The van der Waals surface area contributed by atoms with Crippen molar-refractivity contribution in [3.05, 3.63) is 41.5 Å². The van der Waals surface area contributed by atoms with Gasteiger partial charge in [0.25, 0.3) is 5.89 Å². The van der Waals surface area contributed by atoms with Gasteiger partial charge in [-0.15, -0.1) is 0 Å². The molecule has 26 heavy (non-hydrogen) atoms. The summed E-state index contributed by atoms with van der Waals surface area (Å²) in [4.78, 5) is 4.40. The highest BCUT2D eigenvalue weighted by atomic mass is 32.2. The van der Waals surface area contributed by atoms with E-state index in [1.54, 1.807) is 12.1 Å². The van der Waals surface area contributed by atoms with Crippen LogP contribution in [0.4, 0.5) is 0 Å². The molecule has 2 heterocycles. The first-order valence-corrected chi connectivity index (χ1v) is 9.89. The average molecular weight is 374 g/mol. The molecule has 4 rings (SSSR count). The molecule has 1 atom stereocenters. The molecule has 1 N–H and O–H groups in total. The van der Waals surface area contributed by atoms with Crippen molar-refractivity contribution in [1.82, 2.24) is 14.4 Å². The molecular weight excluding hydrogens is 356 g/mol. The van der Waals surface area contributed by atoms with Crippen LogP contribution in [-0.2, 0) is 22.0 Å². The molecule has 1 aromatic carbocycles. The summed E-state index contributed by atoms with van der Waals surface area (Å²) < 4.78 is 32.1. The number of hydrogen-bond donors (Lipinski definition) is 1. The van der Waals surface area contributed by atoms with Gasteiger partial charge in [-0.2, -0.15) is 14.6 Å². The summed E-state index contributed by atoms with van der Waals surface area (Å²) in [5, 5.41) is 23.4. The van der Waals surface area contributed by atoms with Crippen molar-refractivity contribution in [2.75, 3.05) is 13.1 Å². The molecule has 1 saturated heterocycles. The van der Waals surface area contributed by atoms with Crippen molar-refractivity contribution >= 4 is 10.0 Å². The van der Waals surface area contributed by atoms with Crippen LogP contribution in [0.2, 0.25) is 0 Å². The number of aromatic nitrogens is 2. The van der Waals surface area contributed by atoms with E-state index in [1.165, 1.54) is 16.4 Å². The maximum Gasteiger partial charge on any atom is 0.260 e. The Balaban J connectivity index is 1.53. The first kappa shape index (κ1) is 17.1. The minimum atomic E-state index is -3.75. The number of benzene rings is 1. The van der Waals surface area contributed by atoms with Crippen LogP contribution < -0.4 is 0 Å². The number of aliphatic hydroxyl groups is 1. The lowest BCUT2D eigenvalue weighted by Crippen LogP contribution is -2.34. The number of hydrogen-bond acceptors (Lipinski definition) is 7. The summed E-state index contributed by atoms with van der Waals surface area (Å²) in [5.74, 6) is 0.966. The summed E-state index contributed by atoms with van der Waals surface area (Å²) in [5.41, 5.74) is -0.712. The number of nitrogens with zero attached hydrogens (tertiary/aromatic N) is 4. The first-order chi connectivity index (χ1) is 12.4. The molecule has 2 aliphatic rings. The smallest absolute Gasteiger partial charge is 0.260 e. The molecule has 1 aliphatic heterocycles. The van der Waals surface area contributed by atoms with Gasteiger partial charge in [-0.25, -0.2) is 8.42 Å². The van der Waals surface area contributed by atoms with Crippen LogP contribution in [0.1, 0.15) is 42.5 Å². The lowest BCUT2D eigenvalue weighted by Gasteiger charge is -2.19. The van der Waals surface area contributed by atoms with Gasteiger partial charge in [0, 0.05) is 18.9 Å². The van der Waals surface area contributed by atoms with Crippen molar-refractivity contribution in [3.8, 4) is 6.07 Å². The molecule has 1 saturated carbocycles. The molecule has 136 valence electrons. The zero-order chi connectivity index (χ0) is 18.4. The summed E-state index contributed by atoms with van der Waals surface area (Å²) >= 11 is 0. The summed E-state index contributed by atoms with van der Waals surface area (Å²) in [6.45, 7) is 0.0432. The number of nitriles is 1. The second kappa shape index (κ2) is 6.16. The molecule has 0 radical (unpaired) electrons. The van der Waals surface area contributed by atoms with Gasteiger partial charge in [-0.05, 0) is 30.5 Å². The summed E-state index contributed by atoms with van der Waals surface area (Å²) in [6, 6.07) is 8.24. The average Bonchev–Trinajstić information content (AvgIpc) is 3.19. The van der Waals surface area contributed by atoms with Gasteiger partial charge in [0.15, 0.2) is 11.4 Å². The standard InChI is InChI=1S/C17H18N4O4S/c18-9-7-12-1-5-14(6-2-12)26(23,24)21-10-8-17(22,11-21)16-19-15(20-25-16)13-3-4-13/h1-2,5-6,13,22H,3-4,7-8,10-11H2/t17-/m0/s1. The van der Waals surface area contributed by atoms with E-state index < -0.39 is 15.6 Å². The Hall–Kier alpha value is -2.28. The van der Waals surface area contributed by atoms with E-state index in [1.807, 2.05) is 6.07 Å². The maximum absolute atomic E-state index is 12.8. The monoisotopic (exact) mass is 374 g/mol. The van der Waals surface area contributed by atoms with Crippen molar-refractivity contribution in [1.29, 1.82) is 5.26 Å². The Morgan fingerprint density at radius 1 is 1.35 bits per heavy atom. The van der Waals surface area contributed by atoms with E-state index in [2.05, 4.69) is 10.1 Å². The van der Waals surface area contributed by atoms with E-state index in [4.69, 9.17) is 9.78 Å². The zero-order valence-electron chi connectivity index (χ0n) is 14.0. The van der Waals surface area contributed by atoms with Gasteiger partial charge < -0.3 is 9.63 Å². The fourth-order valence-corrected chi connectivity index (χ4v) is 4.58. The summed E-state index contributed by atoms with van der Waals surface area (Å²) in [6.07, 6.45) is 2.45. The normalized spacial score (nSPS) is 23.8. The molecule has 1 aromatic heterocycles. The second-order valence-electron chi connectivity index (χ2n) is 6.83. The maximum atomic E-state index is 12.8. The lowest BCUT2D eigenvalue weighted by molar-refractivity contribution is 0.0194. The van der Waals surface area contributed by atoms with Gasteiger partial charge in [0.05, 0.1) is 23.9 Å². The van der Waals surface area contributed by atoms with Crippen LogP contribution in [0.5, 0.6) is 0 Å². The Labute approximate surface area is 151 Å². The predicted molar refractivity (Wildman–Crippen MR) is 89.3 cm³/mol. The third-order valence-corrected chi connectivity index (χ3v) is 6.70. The van der Waals surface area contributed by atoms with E-state index in [0.717, 1.165) is 18.4 Å². The van der Waals surface area contributed by atoms with E-state index >= 15 is 0 Å². The third-order valence-electron chi connectivity index (χ3n) is 4.84. The van der Waals surface area contributed by atoms with Gasteiger partial charge >= 0.3 is 0 Å². The topological polar surface area (TPSA) is 120 Å². The highest BCUT2D eigenvalue weighted by molar-refractivity contribution is 7.89. The highest BCUT2D eigenvalue weighted by Gasteiger charge is 2.47. The highest BCUT2D eigenvalue weighted by Crippen LogP contribution is 2.40. The molecule has 8 nitrogen and oxygen atoms in total. The molecule has 1 aliphatic carbocycles. The molecule has 9 heteroatoms. The molecule has 0 amide bonds. The molecule has 0 spiro atoms. The Kier molecular flexibility index (Phi) is 4.06. The van der Waals surface area contributed by atoms with Crippen LogP contribution in [0.25, 0.3) is 0 Å². The third kappa shape index (κ3) is 3.00. The van der Waals surface area contributed by atoms with Gasteiger partial charge in [-0.3, -0.25) is 0 Å². The first-order valence-electron chi connectivity index (χ1n) is 8.45. The Morgan fingerprint density at radius 2 is 2.08 bits per heavy atom. The van der Waals surface area contributed by atoms with Gasteiger partial charge in [0.1, 0.15) is 0 Å². The van der Waals surface area contributed by atoms with Crippen LogP contribution in [0, 0.1) is 11.3 Å². The minimum Gasteiger partial charge on any atom is -0.379 e. The summed E-state index contributed by atoms with van der Waals surface area (Å²) in [7, 11) is -3.75. The van der Waals surface area contributed by atoms with Gasteiger partial charge in [0.2, 0.25) is 10.0 Å². The fraction of sp³-hybridized carbons (Fsp3) is 0.471. The SMILES string of the molecule is N#CCc1ccc(S(=O)(=O)N2CC[C@@](O)(c3nc(C4CC4)no3)C2)cc1. The van der Waals surface area contributed by atoms with Crippen molar-refractivity contribution in [3.63, 3.8) is 0 Å². The fourth-order valence-electron chi connectivity index (χ4n) is 3.09. The second-order valence-corrected chi connectivity index (χ2v) is 8.77. The number of rotatable bonds is 5. The largest absolute Gasteiger partial charge is 0.379 e. The molecular formula is C17H18N4O4S. The van der Waals surface area contributed by atoms with Crippen LogP contribution in [0.3, 0.4) is 0 Å². The quantitative estimate of drug-likeness (QED) is 0.837. The van der Waals surface area contributed by atoms with Crippen molar-refractivity contribution in [2.45, 2.75) is 42.1 Å². The molecule has 2 aromatic rings. The van der Waals surface area contributed by atoms with Crippen LogP contribution in [0.15, 0.2) is 33.7 Å². The predicted octanol–water partition coefficient (Wildman–Crippen LogP) is 1.30. The van der Waals surface area contributed by atoms with Crippen molar-refractivity contribution in [2.24, 2.45) is 0 Å². The molecule has 2 fully saturated rings. The number of β-amino-alcohol motifs (C(OH)–C–C–N with tert-alkyl or cyclic N) is 1. The van der Waals surface area contributed by atoms with Crippen LogP contribution >= 0.6 is 0 Å². The minimum absolute atomic E-state index is 0.0847. The van der Waals surface area contributed by atoms with Crippen LogP contribution in [-0.4, -0.2) is 41.1 Å². The zero-order valence-corrected chi connectivity index (χ0v) is 14.8. The molecule has 0 unspecified atom stereocenters. The Bertz CT molecular complexity index is 959. The Morgan fingerprint density at radius 3 is 2.73 bits per heavy atom.